The fraction of sp³-hybridized carbons (Fsp3) is 0.233. The van der Waals surface area contributed by atoms with Gasteiger partial charge in [-0.25, -0.2) is 4.79 Å². The van der Waals surface area contributed by atoms with Crippen LogP contribution in [0.1, 0.15) is 43.2 Å². The number of carboxylic acid groups (broad SMARTS) is 1. The maximum atomic E-state index is 13.7. The van der Waals surface area contributed by atoms with Crippen LogP contribution in [0.4, 0.5) is 5.69 Å². The molecule has 36 heavy (non-hydrogen) atoms. The van der Waals surface area contributed by atoms with Crippen LogP contribution in [0.5, 0.6) is 0 Å². The van der Waals surface area contributed by atoms with Gasteiger partial charge in [0, 0.05) is 29.3 Å². The molecule has 0 aliphatic heterocycles. The second-order valence-electron chi connectivity index (χ2n) is 9.30. The van der Waals surface area contributed by atoms with Gasteiger partial charge in [-0.3, -0.25) is 4.79 Å². The predicted octanol–water partition coefficient (Wildman–Crippen LogP) is 7.17. The lowest BCUT2D eigenvalue weighted by Gasteiger charge is -2.30. The third-order valence-corrected chi connectivity index (χ3v) is 7.58. The van der Waals surface area contributed by atoms with E-state index in [0.717, 1.165) is 65.1 Å². The molecule has 3 aromatic carbocycles. The van der Waals surface area contributed by atoms with Gasteiger partial charge in [-0.1, -0.05) is 61.7 Å². The lowest BCUT2D eigenvalue weighted by molar-refractivity contribution is -0.131. The molecule has 6 heteroatoms. The van der Waals surface area contributed by atoms with E-state index in [4.69, 9.17) is 5.11 Å². The van der Waals surface area contributed by atoms with E-state index < -0.39 is 5.97 Å². The van der Waals surface area contributed by atoms with Crippen molar-refractivity contribution in [3.63, 3.8) is 0 Å². The minimum Gasteiger partial charge on any atom is -0.478 e. The Morgan fingerprint density at radius 1 is 0.972 bits per heavy atom. The van der Waals surface area contributed by atoms with Crippen molar-refractivity contribution in [2.45, 2.75) is 38.6 Å². The lowest BCUT2D eigenvalue weighted by atomic mass is 9.88. The van der Waals surface area contributed by atoms with Crippen LogP contribution < -0.4 is 4.90 Å². The van der Waals surface area contributed by atoms with Gasteiger partial charge in [-0.15, -0.1) is 0 Å². The number of benzene rings is 3. The highest BCUT2D eigenvalue weighted by molar-refractivity contribution is 7.13. The quantitative estimate of drug-likeness (QED) is 0.275. The molecule has 1 heterocycles. The number of aliphatic carboxylic acids is 1. The number of amides is 1. The molecule has 1 aliphatic rings. The number of nitrogens with zero attached hydrogens (tertiary/aromatic N) is 2. The summed E-state index contributed by atoms with van der Waals surface area (Å²) in [5, 5.41) is 10.1. The van der Waals surface area contributed by atoms with Crippen LogP contribution in [-0.4, -0.2) is 21.4 Å². The fourth-order valence-electron chi connectivity index (χ4n) is 4.87. The Balaban J connectivity index is 1.42. The van der Waals surface area contributed by atoms with E-state index in [2.05, 4.69) is 46.8 Å². The first-order valence-electron chi connectivity index (χ1n) is 12.3. The molecule has 1 aliphatic carbocycles. The number of hydrogen-bond donors (Lipinski definition) is 1. The van der Waals surface area contributed by atoms with Gasteiger partial charge in [-0.05, 0) is 77.0 Å². The second kappa shape index (κ2) is 10.9. The predicted molar refractivity (Wildman–Crippen MR) is 146 cm³/mol. The van der Waals surface area contributed by atoms with Crippen molar-refractivity contribution in [3.05, 3.63) is 90.1 Å². The average molecular weight is 497 g/mol. The minimum absolute atomic E-state index is 0.0298. The lowest BCUT2D eigenvalue weighted by Crippen LogP contribution is -2.36. The van der Waals surface area contributed by atoms with Crippen LogP contribution >= 0.6 is 11.5 Å². The summed E-state index contributed by atoms with van der Waals surface area (Å²) >= 11 is 1.50. The molecule has 5 nitrogen and oxygen atoms in total. The molecule has 4 aromatic rings. The fourth-order valence-corrected chi connectivity index (χ4v) is 5.49. The highest BCUT2D eigenvalue weighted by Gasteiger charge is 2.27. The number of fused-ring (bicyclic) bond motifs is 1. The van der Waals surface area contributed by atoms with Gasteiger partial charge < -0.3 is 10.0 Å². The maximum absolute atomic E-state index is 13.7. The van der Waals surface area contributed by atoms with Gasteiger partial charge in [0.2, 0.25) is 5.91 Å². The molecular weight excluding hydrogens is 468 g/mol. The zero-order valence-corrected chi connectivity index (χ0v) is 20.8. The standard InChI is InChI=1S/C30H28N2O3S/c33-29(34)16-11-21-5-4-8-27(17-21)32(30(35)24-6-2-1-3-7-24)20-22-9-12-23(13-10-22)25-14-15-28-26(18-25)19-31-36-28/h4-5,8-19,24H,1-3,6-7,20H2,(H,33,34). The van der Waals surface area contributed by atoms with Crippen molar-refractivity contribution in [3.8, 4) is 11.1 Å². The van der Waals surface area contributed by atoms with Crippen molar-refractivity contribution < 1.29 is 14.7 Å². The molecular formula is C30H28N2O3S. The molecule has 0 atom stereocenters. The summed E-state index contributed by atoms with van der Waals surface area (Å²) in [5.74, 6) is -0.819. The molecule has 1 aromatic heterocycles. The van der Waals surface area contributed by atoms with E-state index >= 15 is 0 Å². The molecule has 0 saturated heterocycles. The minimum atomic E-state index is -0.995. The van der Waals surface area contributed by atoms with Crippen molar-refractivity contribution in [2.75, 3.05) is 4.90 Å². The molecule has 0 bridgehead atoms. The van der Waals surface area contributed by atoms with Crippen LogP contribution in [0.25, 0.3) is 27.3 Å². The Labute approximate surface area is 214 Å². The van der Waals surface area contributed by atoms with E-state index in [9.17, 15) is 9.59 Å². The Morgan fingerprint density at radius 2 is 1.75 bits per heavy atom. The summed E-state index contributed by atoms with van der Waals surface area (Å²) in [6.45, 7) is 0.467. The first-order valence-corrected chi connectivity index (χ1v) is 13.1. The first-order chi connectivity index (χ1) is 17.6. The smallest absolute Gasteiger partial charge is 0.328 e. The number of carbonyl (C=O) groups excluding carboxylic acids is 1. The molecule has 1 amide bonds. The zero-order chi connectivity index (χ0) is 24.9. The summed E-state index contributed by atoms with van der Waals surface area (Å²) in [7, 11) is 0. The second-order valence-corrected chi connectivity index (χ2v) is 10.1. The summed E-state index contributed by atoms with van der Waals surface area (Å²) in [6, 6.07) is 22.3. The van der Waals surface area contributed by atoms with Crippen molar-refractivity contribution in [1.29, 1.82) is 0 Å². The van der Waals surface area contributed by atoms with Crippen molar-refractivity contribution in [2.24, 2.45) is 5.92 Å². The van der Waals surface area contributed by atoms with E-state index in [-0.39, 0.29) is 11.8 Å². The van der Waals surface area contributed by atoms with Gasteiger partial charge in [0.1, 0.15) is 0 Å². The zero-order valence-electron chi connectivity index (χ0n) is 20.0. The SMILES string of the molecule is O=C(O)C=Cc1cccc(N(Cc2ccc(-c3ccc4sncc4c3)cc2)C(=O)C2CCCCC2)c1. The van der Waals surface area contributed by atoms with Crippen molar-refractivity contribution in [1.82, 2.24) is 4.37 Å². The van der Waals surface area contributed by atoms with E-state index in [0.29, 0.717) is 6.54 Å². The van der Waals surface area contributed by atoms with Crippen LogP contribution in [0.3, 0.4) is 0 Å². The normalized spacial score (nSPS) is 14.3. The number of hydrogen-bond acceptors (Lipinski definition) is 4. The number of rotatable bonds is 7. The highest BCUT2D eigenvalue weighted by atomic mass is 32.1. The molecule has 1 fully saturated rings. The Kier molecular flexibility index (Phi) is 7.23. The molecule has 0 spiro atoms. The molecule has 1 saturated carbocycles. The Hall–Kier alpha value is -3.77. The average Bonchev–Trinajstić information content (AvgIpc) is 3.39. The van der Waals surface area contributed by atoms with Gasteiger partial charge in [0.05, 0.1) is 11.2 Å². The van der Waals surface area contributed by atoms with E-state index in [1.165, 1.54) is 22.7 Å². The van der Waals surface area contributed by atoms with Gasteiger partial charge >= 0.3 is 5.97 Å². The summed E-state index contributed by atoms with van der Waals surface area (Å²) in [5.41, 5.74) is 4.86. The summed E-state index contributed by atoms with van der Waals surface area (Å²) in [6.07, 6.45) is 9.78. The van der Waals surface area contributed by atoms with Crippen LogP contribution in [0.15, 0.2) is 79.0 Å². The van der Waals surface area contributed by atoms with Crippen LogP contribution in [0, 0.1) is 5.92 Å². The third kappa shape index (κ3) is 5.55. The summed E-state index contributed by atoms with van der Waals surface area (Å²) < 4.78 is 5.44. The number of carbonyl (C=O) groups is 2. The first kappa shape index (κ1) is 23.9. The molecule has 0 unspecified atom stereocenters. The highest BCUT2D eigenvalue weighted by Crippen LogP contribution is 2.30. The van der Waals surface area contributed by atoms with Crippen molar-refractivity contribution >= 4 is 45.3 Å². The molecule has 182 valence electrons. The van der Waals surface area contributed by atoms with E-state index in [1.807, 2.05) is 35.4 Å². The Bertz CT molecular complexity index is 1400. The topological polar surface area (TPSA) is 70.5 Å². The number of anilines is 1. The number of aromatic nitrogens is 1. The van der Waals surface area contributed by atoms with Gasteiger partial charge in [-0.2, -0.15) is 4.37 Å². The van der Waals surface area contributed by atoms with Gasteiger partial charge in [0.15, 0.2) is 0 Å². The van der Waals surface area contributed by atoms with Crippen LogP contribution in [-0.2, 0) is 16.1 Å². The number of carboxylic acids is 1. The maximum Gasteiger partial charge on any atom is 0.328 e. The van der Waals surface area contributed by atoms with E-state index in [1.54, 1.807) is 6.08 Å². The third-order valence-electron chi connectivity index (χ3n) is 6.80. The Morgan fingerprint density at radius 3 is 2.53 bits per heavy atom. The molecule has 5 rings (SSSR count). The van der Waals surface area contributed by atoms with Gasteiger partial charge in [0.25, 0.3) is 0 Å². The molecule has 0 radical (unpaired) electrons. The van der Waals surface area contributed by atoms with Crippen LogP contribution in [0.2, 0.25) is 0 Å². The summed E-state index contributed by atoms with van der Waals surface area (Å²) in [4.78, 5) is 26.5. The monoisotopic (exact) mass is 496 g/mol. The largest absolute Gasteiger partial charge is 0.478 e. The molecule has 1 N–H and O–H groups in total.